The lowest BCUT2D eigenvalue weighted by atomic mass is 9.80. The van der Waals surface area contributed by atoms with Crippen molar-refractivity contribution in [1.29, 1.82) is 0 Å². The van der Waals surface area contributed by atoms with Crippen LogP contribution in [0.1, 0.15) is 48.2 Å². The number of aromatic nitrogens is 3. The summed E-state index contributed by atoms with van der Waals surface area (Å²) in [6, 6.07) is 5.94. The Labute approximate surface area is 164 Å². The molecule has 0 radical (unpaired) electrons. The zero-order chi connectivity index (χ0) is 19.0. The number of nitrogens with zero attached hydrogens (tertiary/aromatic N) is 4. The highest BCUT2D eigenvalue weighted by atomic mass is 16.5. The van der Waals surface area contributed by atoms with Crippen molar-refractivity contribution in [2.45, 2.75) is 37.6 Å². The smallest absolute Gasteiger partial charge is 0.257 e. The van der Waals surface area contributed by atoms with Gasteiger partial charge in [-0.05, 0) is 49.7 Å². The minimum Gasteiger partial charge on any atom is -0.381 e. The van der Waals surface area contributed by atoms with Crippen LogP contribution in [0.3, 0.4) is 0 Å². The summed E-state index contributed by atoms with van der Waals surface area (Å²) in [4.78, 5) is 28.1. The third-order valence-corrected chi connectivity index (χ3v) is 6.43. The average molecular weight is 379 g/mol. The van der Waals surface area contributed by atoms with E-state index >= 15 is 0 Å². The first-order valence-electron chi connectivity index (χ1n) is 10.1. The van der Waals surface area contributed by atoms with Crippen molar-refractivity contribution >= 4 is 11.9 Å². The van der Waals surface area contributed by atoms with Crippen molar-refractivity contribution in [3.05, 3.63) is 48.0 Å². The van der Waals surface area contributed by atoms with Crippen LogP contribution < -0.4 is 5.32 Å². The Kier molecular flexibility index (Phi) is 4.27. The number of rotatable bonds is 4. The van der Waals surface area contributed by atoms with E-state index in [0.29, 0.717) is 11.5 Å². The molecule has 4 heterocycles. The predicted octanol–water partition coefficient (Wildman–Crippen LogP) is 2.62. The van der Waals surface area contributed by atoms with E-state index in [4.69, 9.17) is 4.74 Å². The van der Waals surface area contributed by atoms with Crippen LogP contribution in [-0.4, -0.2) is 52.1 Å². The number of likely N-dealkylation sites (tertiary alicyclic amines) is 1. The minimum atomic E-state index is -0.169. The SMILES string of the molecule is O=C(c1cnc(NC2(c3ccccn3)CC2)nc1)N1CCC2(CCOCC2)C1. The van der Waals surface area contributed by atoms with Crippen molar-refractivity contribution in [3.63, 3.8) is 0 Å². The van der Waals surface area contributed by atoms with E-state index in [1.54, 1.807) is 18.6 Å². The lowest BCUT2D eigenvalue weighted by molar-refractivity contribution is 0.0191. The minimum absolute atomic E-state index is 0.0285. The number of carbonyl (C=O) groups is 1. The van der Waals surface area contributed by atoms with Gasteiger partial charge in [-0.2, -0.15) is 0 Å². The van der Waals surface area contributed by atoms with Gasteiger partial charge in [0, 0.05) is 44.9 Å². The number of hydrogen-bond donors (Lipinski definition) is 1. The summed E-state index contributed by atoms with van der Waals surface area (Å²) in [5, 5.41) is 3.40. The van der Waals surface area contributed by atoms with E-state index in [2.05, 4.69) is 20.3 Å². The van der Waals surface area contributed by atoms with Crippen LogP contribution in [0.4, 0.5) is 5.95 Å². The Hall–Kier alpha value is -2.54. The molecule has 1 amide bonds. The fourth-order valence-electron chi connectivity index (χ4n) is 4.44. The van der Waals surface area contributed by atoms with Crippen LogP contribution in [0.5, 0.6) is 0 Å². The zero-order valence-corrected chi connectivity index (χ0v) is 15.9. The van der Waals surface area contributed by atoms with Crippen LogP contribution in [-0.2, 0) is 10.3 Å². The van der Waals surface area contributed by atoms with Gasteiger partial charge in [0.15, 0.2) is 0 Å². The van der Waals surface area contributed by atoms with Gasteiger partial charge in [-0.3, -0.25) is 9.78 Å². The summed E-state index contributed by atoms with van der Waals surface area (Å²) < 4.78 is 5.49. The summed E-state index contributed by atoms with van der Waals surface area (Å²) in [5.41, 5.74) is 1.64. The molecule has 2 aromatic rings. The third kappa shape index (κ3) is 3.24. The second kappa shape index (κ2) is 6.81. The summed E-state index contributed by atoms with van der Waals surface area (Å²) in [6.45, 7) is 3.24. The number of carbonyl (C=O) groups excluding carboxylic acids is 1. The molecule has 1 saturated carbocycles. The van der Waals surface area contributed by atoms with Gasteiger partial charge in [-0.15, -0.1) is 0 Å². The summed E-state index contributed by atoms with van der Waals surface area (Å²) in [7, 11) is 0. The van der Waals surface area contributed by atoms with Crippen LogP contribution in [0.25, 0.3) is 0 Å². The largest absolute Gasteiger partial charge is 0.381 e. The Bertz CT molecular complexity index is 845. The molecule has 7 heteroatoms. The molecule has 1 spiro atoms. The van der Waals surface area contributed by atoms with Crippen molar-refractivity contribution in [2.75, 3.05) is 31.6 Å². The molecule has 1 aliphatic carbocycles. The molecule has 7 nitrogen and oxygen atoms in total. The first-order chi connectivity index (χ1) is 13.7. The van der Waals surface area contributed by atoms with Crippen molar-refractivity contribution < 1.29 is 9.53 Å². The van der Waals surface area contributed by atoms with Gasteiger partial charge < -0.3 is 15.0 Å². The Morgan fingerprint density at radius 1 is 1.04 bits per heavy atom. The fourth-order valence-corrected chi connectivity index (χ4v) is 4.44. The number of anilines is 1. The van der Waals surface area contributed by atoms with Crippen LogP contribution in [0.15, 0.2) is 36.8 Å². The Morgan fingerprint density at radius 3 is 2.50 bits per heavy atom. The van der Waals surface area contributed by atoms with Crippen molar-refractivity contribution in [2.24, 2.45) is 5.41 Å². The maximum atomic E-state index is 12.9. The molecule has 0 unspecified atom stereocenters. The number of nitrogens with one attached hydrogen (secondary N) is 1. The average Bonchev–Trinajstić information content (AvgIpc) is 3.43. The van der Waals surface area contributed by atoms with Crippen LogP contribution >= 0.6 is 0 Å². The number of amides is 1. The highest BCUT2D eigenvalue weighted by Gasteiger charge is 2.46. The molecule has 3 fully saturated rings. The first kappa shape index (κ1) is 17.6. The molecule has 0 bridgehead atoms. The molecular formula is C21H25N5O2. The van der Waals surface area contributed by atoms with Crippen molar-refractivity contribution in [1.82, 2.24) is 19.9 Å². The topological polar surface area (TPSA) is 80.2 Å². The van der Waals surface area contributed by atoms with E-state index < -0.39 is 0 Å². The van der Waals surface area contributed by atoms with Gasteiger partial charge in [0.1, 0.15) is 0 Å². The van der Waals surface area contributed by atoms with Gasteiger partial charge in [0.05, 0.1) is 16.8 Å². The first-order valence-corrected chi connectivity index (χ1v) is 10.1. The number of ether oxygens (including phenoxy) is 1. The van der Waals surface area contributed by atoms with E-state index in [1.165, 1.54) is 0 Å². The second-order valence-electron chi connectivity index (χ2n) is 8.31. The molecular weight excluding hydrogens is 354 g/mol. The normalized spacial score (nSPS) is 22.2. The van der Waals surface area contributed by atoms with Gasteiger partial charge in [0.25, 0.3) is 5.91 Å². The molecule has 2 aliphatic heterocycles. The summed E-state index contributed by atoms with van der Waals surface area (Å²) in [6.07, 6.45) is 10.3. The van der Waals surface area contributed by atoms with Gasteiger partial charge in [-0.1, -0.05) is 6.07 Å². The lowest BCUT2D eigenvalue weighted by Gasteiger charge is -2.33. The Balaban J connectivity index is 1.25. The molecule has 3 aliphatic rings. The van der Waals surface area contributed by atoms with Gasteiger partial charge in [-0.25, -0.2) is 9.97 Å². The highest BCUT2D eigenvalue weighted by Crippen LogP contribution is 2.46. The van der Waals surface area contributed by atoms with E-state index in [9.17, 15) is 4.79 Å². The standard InChI is InChI=1S/C21H25N5O2/c27-18(26-10-6-20(15-26)7-11-28-12-8-20)16-13-23-19(24-14-16)25-21(4-5-21)17-3-1-2-9-22-17/h1-3,9,13-14H,4-8,10-12,15H2,(H,23,24,25). The van der Waals surface area contributed by atoms with Crippen LogP contribution in [0, 0.1) is 5.41 Å². The molecule has 5 rings (SSSR count). The molecule has 146 valence electrons. The van der Waals surface area contributed by atoms with Gasteiger partial charge in [0.2, 0.25) is 5.95 Å². The number of hydrogen-bond acceptors (Lipinski definition) is 6. The third-order valence-electron chi connectivity index (χ3n) is 6.43. The monoisotopic (exact) mass is 379 g/mol. The van der Waals surface area contributed by atoms with Gasteiger partial charge >= 0.3 is 0 Å². The fraction of sp³-hybridized carbons (Fsp3) is 0.524. The molecule has 0 aromatic carbocycles. The molecule has 2 aromatic heterocycles. The summed E-state index contributed by atoms with van der Waals surface area (Å²) in [5.74, 6) is 0.572. The highest BCUT2D eigenvalue weighted by molar-refractivity contribution is 5.94. The second-order valence-corrected chi connectivity index (χ2v) is 8.31. The lowest BCUT2D eigenvalue weighted by Crippen LogP contribution is -2.35. The molecule has 0 atom stereocenters. The maximum absolute atomic E-state index is 12.9. The zero-order valence-electron chi connectivity index (χ0n) is 15.9. The van der Waals surface area contributed by atoms with E-state index in [0.717, 1.165) is 64.1 Å². The van der Waals surface area contributed by atoms with E-state index in [-0.39, 0.29) is 16.9 Å². The Morgan fingerprint density at radius 2 is 1.82 bits per heavy atom. The van der Waals surface area contributed by atoms with Crippen LogP contribution in [0.2, 0.25) is 0 Å². The number of pyridine rings is 1. The maximum Gasteiger partial charge on any atom is 0.257 e. The molecule has 28 heavy (non-hydrogen) atoms. The molecule has 1 N–H and O–H groups in total. The quantitative estimate of drug-likeness (QED) is 0.880. The van der Waals surface area contributed by atoms with Crippen molar-refractivity contribution in [3.8, 4) is 0 Å². The van der Waals surface area contributed by atoms with E-state index in [1.807, 2.05) is 23.1 Å². The summed E-state index contributed by atoms with van der Waals surface area (Å²) >= 11 is 0. The predicted molar refractivity (Wildman–Crippen MR) is 104 cm³/mol. The molecule has 2 saturated heterocycles.